The quantitative estimate of drug-likeness (QED) is 0.330. The number of carbonyl (C=O) groups is 1. The Kier molecular flexibility index (Phi) is 8.52. The Balaban J connectivity index is 1.79. The van der Waals surface area contributed by atoms with Gasteiger partial charge in [-0.2, -0.15) is 13.2 Å². The van der Waals surface area contributed by atoms with Gasteiger partial charge in [-0.3, -0.25) is 4.79 Å². The molecule has 0 aliphatic rings. The van der Waals surface area contributed by atoms with E-state index in [1.54, 1.807) is 25.1 Å². The van der Waals surface area contributed by atoms with Gasteiger partial charge in [0.1, 0.15) is 0 Å². The molecular formula is C27H27ClF3NO3S. The van der Waals surface area contributed by atoms with Gasteiger partial charge in [-0.1, -0.05) is 62.7 Å². The summed E-state index contributed by atoms with van der Waals surface area (Å²) in [4.78, 5) is 12.7. The van der Waals surface area contributed by atoms with Crippen LogP contribution < -0.4 is 5.32 Å². The first-order valence-corrected chi connectivity index (χ1v) is 13.4. The Bertz CT molecular complexity index is 1350. The average molecular weight is 538 g/mol. The number of hydrogen-bond donors (Lipinski definition) is 1. The van der Waals surface area contributed by atoms with Crippen molar-refractivity contribution in [2.75, 3.05) is 11.1 Å². The SMILES string of the molecule is CCS(=O)(=O)c1ccc(CC(=O)Nc2ccc(-c3ccc(CC(C)C)cc3C(F)(F)F)c(Cl)c2)cc1. The Morgan fingerprint density at radius 1 is 0.944 bits per heavy atom. The fraction of sp³-hybridized carbons (Fsp3) is 0.296. The van der Waals surface area contributed by atoms with Crippen LogP contribution in [0, 0.1) is 5.92 Å². The molecule has 3 rings (SSSR count). The molecule has 0 saturated carbocycles. The van der Waals surface area contributed by atoms with E-state index in [4.69, 9.17) is 11.6 Å². The van der Waals surface area contributed by atoms with Crippen molar-refractivity contribution in [3.8, 4) is 11.1 Å². The van der Waals surface area contributed by atoms with E-state index in [1.807, 2.05) is 13.8 Å². The lowest BCUT2D eigenvalue weighted by Gasteiger charge is -2.17. The van der Waals surface area contributed by atoms with E-state index in [0.29, 0.717) is 23.2 Å². The summed E-state index contributed by atoms with van der Waals surface area (Å²) in [5, 5.41) is 2.75. The highest BCUT2D eigenvalue weighted by atomic mass is 35.5. The summed E-state index contributed by atoms with van der Waals surface area (Å²) in [5.41, 5.74) is 0.977. The maximum absolute atomic E-state index is 13.8. The zero-order valence-corrected chi connectivity index (χ0v) is 21.7. The van der Waals surface area contributed by atoms with Crippen molar-refractivity contribution in [2.24, 2.45) is 5.92 Å². The highest BCUT2D eigenvalue weighted by molar-refractivity contribution is 7.91. The van der Waals surface area contributed by atoms with Gasteiger partial charge in [-0.05, 0) is 59.4 Å². The molecule has 0 aliphatic heterocycles. The van der Waals surface area contributed by atoms with E-state index in [9.17, 15) is 26.4 Å². The van der Waals surface area contributed by atoms with Gasteiger partial charge in [-0.25, -0.2) is 8.42 Å². The van der Waals surface area contributed by atoms with Crippen LogP contribution in [0.25, 0.3) is 11.1 Å². The third-order valence-electron chi connectivity index (χ3n) is 5.60. The summed E-state index contributed by atoms with van der Waals surface area (Å²) in [5.74, 6) is -0.180. The van der Waals surface area contributed by atoms with E-state index in [0.717, 1.165) is 0 Å². The smallest absolute Gasteiger partial charge is 0.326 e. The summed E-state index contributed by atoms with van der Waals surface area (Å²) in [7, 11) is -3.33. The summed E-state index contributed by atoms with van der Waals surface area (Å²) in [6, 6.07) is 14.7. The van der Waals surface area contributed by atoms with Crippen molar-refractivity contribution in [1.82, 2.24) is 0 Å². The van der Waals surface area contributed by atoms with Crippen LogP contribution in [0.3, 0.4) is 0 Å². The number of nitrogens with one attached hydrogen (secondary N) is 1. The summed E-state index contributed by atoms with van der Waals surface area (Å²) >= 11 is 6.35. The summed E-state index contributed by atoms with van der Waals surface area (Å²) in [6.07, 6.45) is -4.04. The molecule has 192 valence electrons. The molecule has 0 atom stereocenters. The van der Waals surface area contributed by atoms with Crippen LogP contribution in [-0.2, 0) is 33.6 Å². The van der Waals surface area contributed by atoms with E-state index < -0.39 is 21.6 Å². The molecule has 1 amide bonds. The van der Waals surface area contributed by atoms with Crippen molar-refractivity contribution < 1.29 is 26.4 Å². The second-order valence-electron chi connectivity index (χ2n) is 8.94. The van der Waals surface area contributed by atoms with Gasteiger partial charge in [0.25, 0.3) is 0 Å². The van der Waals surface area contributed by atoms with Crippen molar-refractivity contribution in [3.05, 3.63) is 82.4 Å². The molecule has 0 aromatic heterocycles. The second kappa shape index (κ2) is 11.0. The fourth-order valence-corrected chi connectivity index (χ4v) is 5.01. The molecule has 0 saturated heterocycles. The zero-order valence-electron chi connectivity index (χ0n) is 20.1. The molecule has 0 heterocycles. The van der Waals surface area contributed by atoms with Crippen LogP contribution in [0.4, 0.5) is 18.9 Å². The van der Waals surface area contributed by atoms with Crippen LogP contribution in [0.5, 0.6) is 0 Å². The standard InChI is InChI=1S/C27H27ClF3NO3S/c1-4-36(34,35)21-9-5-18(6-10-21)15-26(33)32-20-8-12-23(25(28)16-20)22-11-7-19(13-17(2)3)14-24(22)27(29,30)31/h5-12,14,16-17H,4,13,15H2,1-3H3,(H,32,33). The lowest BCUT2D eigenvalue weighted by molar-refractivity contribution is -0.137. The predicted octanol–water partition coefficient (Wildman–Crippen LogP) is 7.20. The maximum atomic E-state index is 13.8. The van der Waals surface area contributed by atoms with Gasteiger partial charge in [0.05, 0.1) is 27.7 Å². The minimum absolute atomic E-state index is 0.0125. The van der Waals surface area contributed by atoms with Crippen LogP contribution >= 0.6 is 11.6 Å². The van der Waals surface area contributed by atoms with Gasteiger partial charge in [0.15, 0.2) is 9.84 Å². The van der Waals surface area contributed by atoms with Gasteiger partial charge < -0.3 is 5.32 Å². The predicted molar refractivity (Wildman–Crippen MR) is 137 cm³/mol. The van der Waals surface area contributed by atoms with E-state index in [1.165, 1.54) is 42.5 Å². The third-order valence-corrected chi connectivity index (χ3v) is 7.67. The van der Waals surface area contributed by atoms with E-state index in [2.05, 4.69) is 5.32 Å². The number of amides is 1. The number of anilines is 1. The number of sulfone groups is 1. The van der Waals surface area contributed by atoms with Crippen LogP contribution in [-0.4, -0.2) is 20.1 Å². The lowest BCUT2D eigenvalue weighted by atomic mass is 9.94. The molecular weight excluding hydrogens is 511 g/mol. The topological polar surface area (TPSA) is 63.2 Å². The Morgan fingerprint density at radius 3 is 2.11 bits per heavy atom. The highest BCUT2D eigenvalue weighted by Crippen LogP contribution is 2.41. The van der Waals surface area contributed by atoms with Crippen LogP contribution in [0.2, 0.25) is 5.02 Å². The first-order valence-electron chi connectivity index (χ1n) is 11.4. The Hall–Kier alpha value is -2.84. The number of halogens is 4. The average Bonchev–Trinajstić information content (AvgIpc) is 2.79. The van der Waals surface area contributed by atoms with Crippen molar-refractivity contribution in [2.45, 2.75) is 44.7 Å². The molecule has 0 aliphatic carbocycles. The van der Waals surface area contributed by atoms with Crippen LogP contribution in [0.15, 0.2) is 65.6 Å². The molecule has 3 aromatic carbocycles. The number of carbonyl (C=O) groups excluding carboxylic acids is 1. The summed E-state index contributed by atoms with van der Waals surface area (Å²) in [6.45, 7) is 5.44. The normalized spacial score (nSPS) is 12.1. The number of alkyl halides is 3. The number of hydrogen-bond acceptors (Lipinski definition) is 3. The number of rotatable bonds is 8. The monoisotopic (exact) mass is 537 g/mol. The van der Waals surface area contributed by atoms with Crippen molar-refractivity contribution in [1.29, 1.82) is 0 Å². The first kappa shape index (κ1) is 27.7. The maximum Gasteiger partial charge on any atom is 0.417 e. The Morgan fingerprint density at radius 2 is 1.56 bits per heavy atom. The molecule has 0 radical (unpaired) electrons. The van der Waals surface area contributed by atoms with Gasteiger partial charge in [0.2, 0.25) is 5.91 Å². The molecule has 0 spiro atoms. The molecule has 3 aromatic rings. The van der Waals surface area contributed by atoms with E-state index >= 15 is 0 Å². The summed E-state index contributed by atoms with van der Waals surface area (Å²) < 4.78 is 65.3. The Labute approximate surface area is 214 Å². The van der Waals surface area contributed by atoms with Gasteiger partial charge >= 0.3 is 6.18 Å². The number of benzene rings is 3. The van der Waals surface area contributed by atoms with E-state index in [-0.39, 0.29) is 45.0 Å². The molecule has 4 nitrogen and oxygen atoms in total. The minimum Gasteiger partial charge on any atom is -0.326 e. The van der Waals surface area contributed by atoms with Crippen LogP contribution in [0.1, 0.15) is 37.5 Å². The third kappa shape index (κ3) is 6.89. The second-order valence-corrected chi connectivity index (χ2v) is 11.6. The minimum atomic E-state index is -4.55. The fourth-order valence-electron chi connectivity index (χ4n) is 3.84. The lowest BCUT2D eigenvalue weighted by Crippen LogP contribution is -2.14. The zero-order chi connectivity index (χ0) is 26.7. The highest BCUT2D eigenvalue weighted by Gasteiger charge is 2.34. The molecule has 1 N–H and O–H groups in total. The molecule has 0 bridgehead atoms. The van der Waals surface area contributed by atoms with Crippen molar-refractivity contribution in [3.63, 3.8) is 0 Å². The molecule has 9 heteroatoms. The molecule has 0 unspecified atom stereocenters. The first-order chi connectivity index (χ1) is 16.8. The molecule has 0 fully saturated rings. The molecule has 36 heavy (non-hydrogen) atoms. The van der Waals surface area contributed by atoms with Gasteiger partial charge in [0, 0.05) is 11.3 Å². The van der Waals surface area contributed by atoms with Crippen molar-refractivity contribution >= 4 is 33.0 Å². The largest absolute Gasteiger partial charge is 0.417 e. The van der Waals surface area contributed by atoms with Gasteiger partial charge in [-0.15, -0.1) is 0 Å².